The number of aliphatic hydroxyl groups excluding tert-OH is 1. The van der Waals surface area contributed by atoms with Crippen LogP contribution in [0.1, 0.15) is 18.9 Å². The van der Waals surface area contributed by atoms with E-state index in [2.05, 4.69) is 97.2 Å². The van der Waals surface area contributed by atoms with Crippen LogP contribution in [0.4, 0.5) is 5.69 Å². The first-order chi connectivity index (χ1) is 15.5. The molecule has 0 unspecified atom stereocenters. The van der Waals surface area contributed by atoms with Crippen LogP contribution in [0.2, 0.25) is 0 Å². The van der Waals surface area contributed by atoms with Gasteiger partial charge in [0.1, 0.15) is 17.0 Å². The number of hydrogen-bond acceptors (Lipinski definition) is 4. The zero-order chi connectivity index (χ0) is 22.4. The quantitative estimate of drug-likeness (QED) is 0.427. The first-order valence-electron chi connectivity index (χ1n) is 10.7. The van der Waals surface area contributed by atoms with Gasteiger partial charge in [0.2, 0.25) is 5.52 Å². The van der Waals surface area contributed by atoms with Crippen LogP contribution in [0, 0.1) is 0 Å². The van der Waals surface area contributed by atoms with Crippen molar-refractivity contribution in [2.24, 2.45) is 0 Å². The molecule has 1 aliphatic carbocycles. The summed E-state index contributed by atoms with van der Waals surface area (Å²) < 4.78 is 3.50. The summed E-state index contributed by atoms with van der Waals surface area (Å²) in [7, 11) is 0. The highest BCUT2D eigenvalue weighted by Gasteiger charge is 2.30. The second-order valence-corrected chi connectivity index (χ2v) is 9.85. The van der Waals surface area contributed by atoms with Crippen molar-refractivity contribution < 1.29 is 9.67 Å². The molecule has 5 heteroatoms. The van der Waals surface area contributed by atoms with Crippen LogP contribution in [0.25, 0.3) is 16.3 Å². The van der Waals surface area contributed by atoms with Gasteiger partial charge in [-0.05, 0) is 49.3 Å². The number of fused-ring (bicyclic) bond motifs is 2. The van der Waals surface area contributed by atoms with Crippen molar-refractivity contribution in [3.8, 4) is 0 Å². The summed E-state index contributed by atoms with van der Waals surface area (Å²) in [5, 5.41) is 13.4. The summed E-state index contributed by atoms with van der Waals surface area (Å²) in [6, 6.07) is 16.8. The van der Waals surface area contributed by atoms with Gasteiger partial charge in [-0.3, -0.25) is 0 Å². The maximum atomic E-state index is 11.2. The van der Waals surface area contributed by atoms with E-state index in [0.29, 0.717) is 0 Å². The number of allylic oxidation sites excluding steroid dienone is 4. The van der Waals surface area contributed by atoms with Crippen molar-refractivity contribution in [2.75, 3.05) is 11.4 Å². The zero-order valence-electron chi connectivity index (χ0n) is 18.3. The summed E-state index contributed by atoms with van der Waals surface area (Å²) in [6.45, 7) is 14.5. The second kappa shape index (κ2) is 8.15. The number of anilines is 1. The number of rotatable bonds is 4. The molecule has 0 spiro atoms. The summed E-state index contributed by atoms with van der Waals surface area (Å²) in [5.41, 5.74) is 5.46. The van der Waals surface area contributed by atoms with E-state index in [0.717, 1.165) is 45.4 Å². The molecule has 1 aliphatic heterocycles. The molecule has 0 amide bonds. The first-order valence-corrected chi connectivity index (χ1v) is 12.4. The summed E-state index contributed by atoms with van der Waals surface area (Å²) in [4.78, 5) is 3.50. The SMILES string of the molecule is C=C1C(=C)/C(=C\c2sc3ccccc3[n+]2CC)C(O)=C1/C=C1/Sc2ccccc2N1CC. The molecule has 160 valence electrons. The third-order valence-corrected chi connectivity index (χ3v) is 8.19. The average molecular weight is 458 g/mol. The van der Waals surface area contributed by atoms with Crippen LogP contribution < -0.4 is 9.47 Å². The fourth-order valence-corrected chi connectivity index (χ4v) is 6.63. The Morgan fingerprint density at radius 1 is 1.00 bits per heavy atom. The lowest BCUT2D eigenvalue weighted by molar-refractivity contribution is -0.665. The fraction of sp³-hybridized carbons (Fsp3) is 0.148. The smallest absolute Gasteiger partial charge is 0.263 e. The Hall–Kier alpha value is -3.02. The third-order valence-electron chi connectivity index (χ3n) is 5.97. The molecule has 2 aromatic carbocycles. The van der Waals surface area contributed by atoms with Crippen LogP contribution in [0.3, 0.4) is 0 Å². The van der Waals surface area contributed by atoms with Gasteiger partial charge < -0.3 is 10.0 Å². The number of benzene rings is 2. The lowest BCUT2D eigenvalue weighted by atomic mass is 10.1. The summed E-state index contributed by atoms with van der Waals surface area (Å²) in [6.07, 6.45) is 4.10. The van der Waals surface area contributed by atoms with Gasteiger partial charge in [-0.2, -0.15) is 4.57 Å². The molecule has 2 heterocycles. The minimum Gasteiger partial charge on any atom is -0.507 e. The third kappa shape index (κ3) is 3.24. The number of thiazole rings is 1. The van der Waals surface area contributed by atoms with Crippen molar-refractivity contribution in [1.82, 2.24) is 0 Å². The van der Waals surface area contributed by atoms with Gasteiger partial charge in [-0.15, -0.1) is 0 Å². The van der Waals surface area contributed by atoms with Crippen LogP contribution in [-0.2, 0) is 6.54 Å². The molecular formula is C27H25N2OS2+. The van der Waals surface area contributed by atoms with Gasteiger partial charge in [-0.1, -0.05) is 60.5 Å². The molecule has 0 saturated carbocycles. The number of aromatic nitrogens is 1. The maximum Gasteiger partial charge on any atom is 0.263 e. The van der Waals surface area contributed by atoms with Crippen molar-refractivity contribution in [3.05, 3.63) is 106 Å². The molecule has 0 radical (unpaired) electrons. The van der Waals surface area contributed by atoms with Crippen LogP contribution in [0.15, 0.2) is 106 Å². The molecule has 0 atom stereocenters. The number of aryl methyl sites for hydroxylation is 1. The molecule has 5 rings (SSSR count). The topological polar surface area (TPSA) is 27.4 Å². The minimum absolute atomic E-state index is 0.250. The van der Waals surface area contributed by atoms with Crippen LogP contribution in [-0.4, -0.2) is 11.7 Å². The normalized spacial score (nSPS) is 18.6. The standard InChI is InChI=1S/C27H24N2OS2/c1-5-28-21-11-7-9-13-23(21)31-25(28)15-19-17(3)18(4)20(27(19)30)16-26-29(6-2)22-12-8-10-14-24(22)32-26/h7-16H,3-6H2,1-2H3/p+1. The van der Waals surface area contributed by atoms with Crippen LogP contribution in [0.5, 0.6) is 0 Å². The van der Waals surface area contributed by atoms with Gasteiger partial charge >= 0.3 is 0 Å². The molecule has 2 aliphatic rings. The van der Waals surface area contributed by atoms with E-state index in [1.807, 2.05) is 0 Å². The monoisotopic (exact) mass is 457 g/mol. The van der Waals surface area contributed by atoms with Crippen molar-refractivity contribution in [2.45, 2.75) is 25.3 Å². The van der Waals surface area contributed by atoms with E-state index in [1.54, 1.807) is 23.1 Å². The first kappa shape index (κ1) is 20.9. The molecule has 1 aromatic heterocycles. The van der Waals surface area contributed by atoms with Gasteiger partial charge in [0, 0.05) is 34.7 Å². The molecule has 0 fully saturated rings. The predicted octanol–water partition coefficient (Wildman–Crippen LogP) is 7.00. The lowest BCUT2D eigenvalue weighted by Gasteiger charge is -2.18. The maximum absolute atomic E-state index is 11.2. The van der Waals surface area contributed by atoms with Crippen molar-refractivity contribution >= 4 is 45.1 Å². The molecule has 3 aromatic rings. The van der Waals surface area contributed by atoms with Crippen molar-refractivity contribution in [3.63, 3.8) is 0 Å². The minimum atomic E-state index is 0.250. The Morgan fingerprint density at radius 2 is 1.75 bits per heavy atom. The number of thioether (sulfide) groups is 1. The van der Waals surface area contributed by atoms with E-state index in [9.17, 15) is 5.11 Å². The number of nitrogens with zero attached hydrogens (tertiary/aromatic N) is 2. The Morgan fingerprint density at radius 3 is 2.53 bits per heavy atom. The highest BCUT2D eigenvalue weighted by Crippen LogP contribution is 2.48. The largest absolute Gasteiger partial charge is 0.507 e. The molecule has 3 nitrogen and oxygen atoms in total. The van der Waals surface area contributed by atoms with E-state index in [1.165, 1.54) is 20.8 Å². The molecule has 0 saturated heterocycles. The number of hydrogen-bond donors (Lipinski definition) is 1. The number of para-hydroxylation sites is 2. The Balaban J connectivity index is 1.59. The van der Waals surface area contributed by atoms with Gasteiger partial charge in [-0.25, -0.2) is 0 Å². The van der Waals surface area contributed by atoms with E-state index < -0.39 is 0 Å². The average Bonchev–Trinajstić information content (AvgIpc) is 3.41. The zero-order valence-corrected chi connectivity index (χ0v) is 19.9. The van der Waals surface area contributed by atoms with E-state index in [-0.39, 0.29) is 5.76 Å². The summed E-state index contributed by atoms with van der Waals surface area (Å²) >= 11 is 3.45. The van der Waals surface area contributed by atoms with Gasteiger partial charge in [0.25, 0.3) is 5.01 Å². The van der Waals surface area contributed by atoms with Gasteiger partial charge in [0.05, 0.1) is 10.7 Å². The molecule has 1 N–H and O–H groups in total. The Labute approximate surface area is 197 Å². The van der Waals surface area contributed by atoms with E-state index in [4.69, 9.17) is 0 Å². The highest BCUT2D eigenvalue weighted by atomic mass is 32.2. The lowest BCUT2D eigenvalue weighted by Crippen LogP contribution is -2.33. The second-order valence-electron chi connectivity index (χ2n) is 7.73. The van der Waals surface area contributed by atoms with E-state index >= 15 is 0 Å². The van der Waals surface area contributed by atoms with Crippen LogP contribution >= 0.6 is 23.1 Å². The fourth-order valence-electron chi connectivity index (χ4n) is 4.29. The van der Waals surface area contributed by atoms with Crippen molar-refractivity contribution in [1.29, 1.82) is 0 Å². The van der Waals surface area contributed by atoms with Gasteiger partial charge in [0.15, 0.2) is 0 Å². The molecular weight excluding hydrogens is 432 g/mol. The number of aliphatic hydroxyl groups is 1. The Bertz CT molecular complexity index is 1370. The summed E-state index contributed by atoms with van der Waals surface area (Å²) in [5.74, 6) is 0.250. The molecule has 0 bridgehead atoms. The molecule has 32 heavy (non-hydrogen) atoms. The Kier molecular flexibility index (Phi) is 5.31. The predicted molar refractivity (Wildman–Crippen MR) is 137 cm³/mol. The highest BCUT2D eigenvalue weighted by molar-refractivity contribution is 8.03.